The Morgan fingerprint density at radius 2 is 1.56 bits per heavy atom. The number of carboxylic acids is 1. The number of rotatable bonds is 22. The number of nitrogens with two attached hydrogens (primary N) is 1. The van der Waals surface area contributed by atoms with E-state index in [2.05, 4.69) is 24.4 Å². The van der Waals surface area contributed by atoms with Crippen molar-refractivity contribution in [2.24, 2.45) is 5.73 Å². The molecule has 1 rings (SSSR count). The molecule has 1 aromatic carbocycles. The first-order valence-corrected chi connectivity index (χ1v) is 13.7. The number of amides is 1. The third-order valence-electron chi connectivity index (χ3n) is 6.12. The predicted molar refractivity (Wildman–Crippen MR) is 145 cm³/mol. The lowest BCUT2D eigenvalue weighted by molar-refractivity contribution is -0.139. The predicted octanol–water partition coefficient (Wildman–Crippen LogP) is 6.14. The molecular weight excluding hydrogens is 456 g/mol. The first kappa shape index (κ1) is 31.5. The lowest BCUT2D eigenvalue weighted by atomic mass is 10.1. The number of carbonyl (C=O) groups is 2. The van der Waals surface area contributed by atoms with Crippen LogP contribution in [0.5, 0.6) is 11.5 Å². The summed E-state index contributed by atoms with van der Waals surface area (Å²) < 4.78 is 10.8. The fourth-order valence-corrected chi connectivity index (χ4v) is 3.84. The minimum Gasteiger partial charge on any atom is -0.493 e. The third kappa shape index (κ3) is 15.5. The summed E-state index contributed by atoms with van der Waals surface area (Å²) in [6.07, 6.45) is 21.3. The van der Waals surface area contributed by atoms with E-state index in [9.17, 15) is 9.59 Å². The van der Waals surface area contributed by atoms with E-state index in [4.69, 9.17) is 20.3 Å². The molecule has 7 heteroatoms. The van der Waals surface area contributed by atoms with Crippen LogP contribution in [0.2, 0.25) is 0 Å². The maximum atomic E-state index is 12.2. The van der Waals surface area contributed by atoms with Crippen molar-refractivity contribution in [3.63, 3.8) is 0 Å². The lowest BCUT2D eigenvalue weighted by Crippen LogP contribution is -2.36. The molecule has 0 fully saturated rings. The van der Waals surface area contributed by atoms with Crippen molar-refractivity contribution in [2.75, 3.05) is 13.7 Å². The summed E-state index contributed by atoms with van der Waals surface area (Å²) in [6, 6.07) is 4.17. The minimum atomic E-state index is -1.13. The van der Waals surface area contributed by atoms with E-state index in [1.165, 1.54) is 71.3 Å². The number of allylic oxidation sites excluding steroid dienone is 2. The van der Waals surface area contributed by atoms with Gasteiger partial charge in [-0.3, -0.25) is 9.59 Å². The van der Waals surface area contributed by atoms with E-state index >= 15 is 0 Å². The van der Waals surface area contributed by atoms with Gasteiger partial charge in [0.1, 0.15) is 12.6 Å². The van der Waals surface area contributed by atoms with E-state index < -0.39 is 12.0 Å². The first-order chi connectivity index (χ1) is 17.5. The van der Waals surface area contributed by atoms with E-state index in [0.29, 0.717) is 24.5 Å². The zero-order valence-electron chi connectivity index (χ0n) is 22.4. The second-order valence-corrected chi connectivity index (χ2v) is 9.35. The summed E-state index contributed by atoms with van der Waals surface area (Å²) in [5, 5.41) is 11.8. The highest BCUT2D eigenvalue weighted by Crippen LogP contribution is 2.28. The molecule has 4 N–H and O–H groups in total. The number of nitrogens with one attached hydrogen (secondary N) is 1. The molecule has 0 spiro atoms. The summed E-state index contributed by atoms with van der Waals surface area (Å²) in [6.45, 7) is 2.50. The summed E-state index contributed by atoms with van der Waals surface area (Å²) in [7, 11) is 1.51. The van der Waals surface area contributed by atoms with Crippen molar-refractivity contribution < 1.29 is 24.2 Å². The number of carboxylic acid groups (broad SMARTS) is 1. The van der Waals surface area contributed by atoms with Crippen molar-refractivity contribution in [1.29, 1.82) is 0 Å². The van der Waals surface area contributed by atoms with Crippen molar-refractivity contribution in [3.05, 3.63) is 35.9 Å². The van der Waals surface area contributed by atoms with E-state index in [1.54, 1.807) is 12.1 Å². The Morgan fingerprint density at radius 3 is 2.17 bits per heavy atom. The molecule has 0 aliphatic heterocycles. The van der Waals surface area contributed by atoms with Gasteiger partial charge in [0.15, 0.2) is 11.5 Å². The van der Waals surface area contributed by atoms with E-state index in [-0.39, 0.29) is 12.5 Å². The number of unbranched alkanes of at least 4 members (excludes halogenated alkanes) is 11. The topological polar surface area (TPSA) is 111 Å². The highest BCUT2D eigenvalue weighted by atomic mass is 16.5. The smallest absolute Gasteiger partial charge is 0.324 e. The van der Waals surface area contributed by atoms with Gasteiger partial charge in [-0.05, 0) is 49.8 Å². The Balaban J connectivity index is 2.09. The average molecular weight is 505 g/mol. The molecule has 1 aromatic rings. The van der Waals surface area contributed by atoms with Gasteiger partial charge in [0.05, 0.1) is 7.11 Å². The van der Waals surface area contributed by atoms with Gasteiger partial charge in [0.2, 0.25) is 5.91 Å². The van der Waals surface area contributed by atoms with Crippen LogP contribution in [0, 0.1) is 0 Å². The van der Waals surface area contributed by atoms with E-state index in [0.717, 1.165) is 24.8 Å². The fraction of sp³-hybridized carbons (Fsp3) is 0.655. The molecule has 7 nitrogen and oxygen atoms in total. The fourth-order valence-electron chi connectivity index (χ4n) is 3.84. The zero-order valence-corrected chi connectivity index (χ0v) is 22.4. The van der Waals surface area contributed by atoms with Crippen LogP contribution in [0.4, 0.5) is 0 Å². The van der Waals surface area contributed by atoms with Crippen LogP contribution in [-0.4, -0.2) is 36.7 Å². The quantitative estimate of drug-likeness (QED) is 0.129. The number of ether oxygens (including phenoxy) is 2. The Morgan fingerprint density at radius 1 is 0.944 bits per heavy atom. The molecular formula is C29H48N2O5. The molecule has 1 amide bonds. The maximum absolute atomic E-state index is 12.2. The number of hydrogen-bond acceptors (Lipinski definition) is 5. The lowest BCUT2D eigenvalue weighted by Gasteiger charge is -2.14. The Hall–Kier alpha value is -2.54. The van der Waals surface area contributed by atoms with Crippen LogP contribution in [0.1, 0.15) is 102 Å². The van der Waals surface area contributed by atoms with Gasteiger partial charge in [-0.2, -0.15) is 0 Å². The summed E-state index contributed by atoms with van der Waals surface area (Å²) in [5.41, 5.74) is 6.34. The number of methoxy groups -OCH3 is 1. The van der Waals surface area contributed by atoms with Gasteiger partial charge < -0.3 is 25.6 Å². The summed E-state index contributed by atoms with van der Waals surface area (Å²) in [5.74, 6) is -0.201. The van der Waals surface area contributed by atoms with E-state index in [1.807, 2.05) is 6.07 Å². The Kier molecular flexibility index (Phi) is 18.0. The normalized spacial score (nSPS) is 12.0. The number of aliphatic carboxylic acids is 1. The molecule has 0 aliphatic rings. The van der Waals surface area contributed by atoms with Crippen LogP contribution in [-0.2, 0) is 16.1 Å². The number of carbonyl (C=O) groups excluding carboxylic acids is 1. The van der Waals surface area contributed by atoms with Gasteiger partial charge >= 0.3 is 5.97 Å². The molecule has 0 aromatic heterocycles. The molecule has 0 aliphatic carbocycles. The Labute approximate surface area is 217 Å². The summed E-state index contributed by atoms with van der Waals surface area (Å²) >= 11 is 0. The Bertz CT molecular complexity index is 766. The third-order valence-corrected chi connectivity index (χ3v) is 6.12. The molecule has 0 saturated carbocycles. The highest BCUT2D eigenvalue weighted by Gasteiger charge is 2.14. The SMILES string of the molecule is CCCCCCCC/C=C\CCCCCCCC(=O)NCc1ccc(OCC(N)C(=O)O)c(OC)c1. The minimum absolute atomic E-state index is 0.0411. The van der Waals surface area contributed by atoms with Gasteiger partial charge in [-0.1, -0.05) is 76.5 Å². The van der Waals surface area contributed by atoms with Gasteiger partial charge in [-0.25, -0.2) is 0 Å². The standard InChI is InChI=1S/C29H48N2O5/c1-3-4-5-6-7-8-9-10-11-12-13-14-15-16-17-18-28(32)31-22-24-19-20-26(27(21-24)35-2)36-23-25(30)29(33)34/h10-11,19-21,25H,3-9,12-18,22-23,30H2,1-2H3,(H,31,32)(H,33,34)/b11-10-. The summed E-state index contributed by atoms with van der Waals surface area (Å²) in [4.78, 5) is 23.0. The van der Waals surface area contributed by atoms with Crippen molar-refractivity contribution >= 4 is 11.9 Å². The van der Waals surface area contributed by atoms with Gasteiger partial charge in [-0.15, -0.1) is 0 Å². The highest BCUT2D eigenvalue weighted by molar-refractivity contribution is 5.75. The van der Waals surface area contributed by atoms with Gasteiger partial charge in [0.25, 0.3) is 0 Å². The van der Waals surface area contributed by atoms with Crippen LogP contribution in [0.15, 0.2) is 30.4 Å². The second-order valence-electron chi connectivity index (χ2n) is 9.35. The largest absolute Gasteiger partial charge is 0.493 e. The molecule has 0 radical (unpaired) electrons. The van der Waals surface area contributed by atoms with Crippen molar-refractivity contribution in [3.8, 4) is 11.5 Å². The number of hydrogen-bond donors (Lipinski definition) is 3. The maximum Gasteiger partial charge on any atom is 0.324 e. The molecule has 0 saturated heterocycles. The van der Waals surface area contributed by atoms with Crippen LogP contribution in [0.25, 0.3) is 0 Å². The molecule has 1 unspecified atom stereocenters. The molecule has 204 valence electrons. The zero-order chi connectivity index (χ0) is 26.4. The monoisotopic (exact) mass is 504 g/mol. The van der Waals surface area contributed by atoms with Crippen molar-refractivity contribution in [1.82, 2.24) is 5.32 Å². The van der Waals surface area contributed by atoms with Crippen LogP contribution < -0.4 is 20.5 Å². The molecule has 0 bridgehead atoms. The van der Waals surface area contributed by atoms with Crippen LogP contribution in [0.3, 0.4) is 0 Å². The average Bonchev–Trinajstić information content (AvgIpc) is 2.88. The van der Waals surface area contributed by atoms with Crippen LogP contribution >= 0.6 is 0 Å². The molecule has 1 atom stereocenters. The molecule has 36 heavy (non-hydrogen) atoms. The van der Waals surface area contributed by atoms with Crippen molar-refractivity contribution in [2.45, 2.75) is 109 Å². The molecule has 0 heterocycles. The first-order valence-electron chi connectivity index (χ1n) is 13.7. The number of benzene rings is 1. The second kappa shape index (κ2) is 20.6. The van der Waals surface area contributed by atoms with Gasteiger partial charge in [0, 0.05) is 13.0 Å².